The Balaban J connectivity index is 1.98. The number of alkyl halides is 1. The van der Waals surface area contributed by atoms with Crippen LogP contribution in [0.2, 0.25) is 0 Å². The van der Waals surface area contributed by atoms with Crippen molar-refractivity contribution in [2.45, 2.75) is 25.6 Å². The largest absolute Gasteiger partial charge is 0.369 e. The maximum absolute atomic E-state index is 13.5. The Hall–Kier alpha value is -1.96. The molecule has 2 atom stereocenters. The summed E-state index contributed by atoms with van der Waals surface area (Å²) in [6.45, 7) is 2.18. The van der Waals surface area contributed by atoms with Crippen molar-refractivity contribution in [3.8, 4) is 0 Å². The van der Waals surface area contributed by atoms with Gasteiger partial charge in [0.1, 0.15) is 6.17 Å². The van der Waals surface area contributed by atoms with Gasteiger partial charge in [-0.15, -0.1) is 0 Å². The van der Waals surface area contributed by atoms with Crippen molar-refractivity contribution in [1.29, 1.82) is 0 Å². The zero-order valence-electron chi connectivity index (χ0n) is 12.1. The summed E-state index contributed by atoms with van der Waals surface area (Å²) >= 11 is 0. The minimum absolute atomic E-state index is 0.00542. The number of likely N-dealkylation sites (N-methyl/N-ethyl adjacent to an activating group) is 1. The van der Waals surface area contributed by atoms with Crippen LogP contribution in [0.1, 0.15) is 22.7 Å². The minimum atomic E-state index is -1.01. The Bertz CT molecular complexity index is 533. The molecule has 7 nitrogen and oxygen atoms in total. The molecule has 0 bridgehead atoms. The van der Waals surface area contributed by atoms with Crippen LogP contribution in [0.15, 0.2) is 10.6 Å². The van der Waals surface area contributed by atoms with Crippen LogP contribution in [0.3, 0.4) is 0 Å². The van der Waals surface area contributed by atoms with Crippen molar-refractivity contribution in [1.82, 2.24) is 15.0 Å². The third kappa shape index (κ3) is 3.78. The number of primary amides is 1. The number of carbonyl (C=O) groups excluding carboxylic acids is 2. The summed E-state index contributed by atoms with van der Waals surface area (Å²) in [5, 5.41) is 3.66. The normalized spacial score (nSPS) is 22.4. The molecule has 21 heavy (non-hydrogen) atoms. The van der Waals surface area contributed by atoms with Gasteiger partial charge in [-0.1, -0.05) is 5.16 Å². The highest BCUT2D eigenvalue weighted by atomic mass is 19.1. The second kappa shape index (κ2) is 6.21. The molecular formula is C13H19FN4O3. The number of nitrogens with two attached hydrogens (primary N) is 1. The van der Waals surface area contributed by atoms with Crippen LogP contribution >= 0.6 is 0 Å². The van der Waals surface area contributed by atoms with Gasteiger partial charge in [-0.3, -0.25) is 14.5 Å². The number of likely N-dealkylation sites (tertiary alicyclic amines) is 1. The van der Waals surface area contributed by atoms with Crippen molar-refractivity contribution < 1.29 is 18.5 Å². The van der Waals surface area contributed by atoms with Crippen molar-refractivity contribution in [2.24, 2.45) is 5.73 Å². The number of halogens is 1. The monoisotopic (exact) mass is 298 g/mol. The van der Waals surface area contributed by atoms with Gasteiger partial charge in [0.2, 0.25) is 11.7 Å². The molecule has 0 saturated carbocycles. The van der Waals surface area contributed by atoms with Crippen LogP contribution in [-0.2, 0) is 4.79 Å². The molecule has 0 unspecified atom stereocenters. The highest BCUT2D eigenvalue weighted by Crippen LogP contribution is 2.21. The summed E-state index contributed by atoms with van der Waals surface area (Å²) in [6.07, 6.45) is -0.731. The lowest BCUT2D eigenvalue weighted by atomic mass is 10.2. The highest BCUT2D eigenvalue weighted by molar-refractivity contribution is 5.91. The lowest BCUT2D eigenvalue weighted by molar-refractivity contribution is -0.119. The Morgan fingerprint density at radius 2 is 2.33 bits per heavy atom. The van der Waals surface area contributed by atoms with Gasteiger partial charge in [-0.25, -0.2) is 4.39 Å². The third-order valence-corrected chi connectivity index (χ3v) is 3.51. The van der Waals surface area contributed by atoms with Crippen LogP contribution in [0, 0.1) is 6.92 Å². The summed E-state index contributed by atoms with van der Waals surface area (Å²) in [6, 6.07) is 1.32. The van der Waals surface area contributed by atoms with E-state index in [0.717, 1.165) is 0 Å². The number of aryl methyl sites for hydroxylation is 1. The topological polar surface area (TPSA) is 92.7 Å². The predicted molar refractivity (Wildman–Crippen MR) is 72.3 cm³/mol. The first-order chi connectivity index (χ1) is 9.86. The van der Waals surface area contributed by atoms with E-state index in [4.69, 9.17) is 10.3 Å². The molecule has 0 aliphatic carbocycles. The van der Waals surface area contributed by atoms with Gasteiger partial charge in [0.25, 0.3) is 5.91 Å². The summed E-state index contributed by atoms with van der Waals surface area (Å²) in [5.41, 5.74) is 5.77. The number of rotatable bonds is 5. The predicted octanol–water partition coefficient (Wildman–Crippen LogP) is -0.0473. The summed E-state index contributed by atoms with van der Waals surface area (Å²) in [7, 11) is 1.61. The number of amides is 2. The molecule has 116 valence electrons. The zero-order valence-corrected chi connectivity index (χ0v) is 12.1. The molecule has 0 aromatic carbocycles. The molecule has 1 aromatic rings. The summed E-state index contributed by atoms with van der Waals surface area (Å²) in [5.74, 6) is -0.683. The first-order valence-electron chi connectivity index (χ1n) is 6.72. The molecule has 1 aliphatic heterocycles. The number of carbonyl (C=O) groups is 2. The fraction of sp³-hybridized carbons (Fsp3) is 0.615. The molecule has 1 aliphatic rings. The van der Waals surface area contributed by atoms with E-state index < -0.39 is 12.1 Å². The van der Waals surface area contributed by atoms with Crippen LogP contribution in [-0.4, -0.2) is 65.7 Å². The fourth-order valence-electron chi connectivity index (χ4n) is 2.56. The molecule has 2 N–H and O–H groups in total. The molecular weight excluding hydrogens is 279 g/mol. The minimum Gasteiger partial charge on any atom is -0.369 e. The SMILES string of the molecule is Cc1cc(C(=O)N(C)C[C@@H]2C[C@H](F)CN2CC(N)=O)on1. The van der Waals surface area contributed by atoms with E-state index in [1.54, 1.807) is 24.9 Å². The third-order valence-electron chi connectivity index (χ3n) is 3.51. The van der Waals surface area contributed by atoms with Gasteiger partial charge in [-0.05, 0) is 13.3 Å². The van der Waals surface area contributed by atoms with E-state index in [1.165, 1.54) is 4.90 Å². The average Bonchev–Trinajstić information content (AvgIpc) is 2.95. The Morgan fingerprint density at radius 3 is 2.90 bits per heavy atom. The second-order valence-electron chi connectivity index (χ2n) is 5.40. The van der Waals surface area contributed by atoms with Gasteiger partial charge in [0.15, 0.2) is 0 Å². The Kier molecular flexibility index (Phi) is 4.56. The van der Waals surface area contributed by atoms with Gasteiger partial charge >= 0.3 is 0 Å². The quantitative estimate of drug-likeness (QED) is 0.823. The Labute approximate surface area is 121 Å². The van der Waals surface area contributed by atoms with Crippen LogP contribution in [0.25, 0.3) is 0 Å². The number of hydrogen-bond acceptors (Lipinski definition) is 5. The van der Waals surface area contributed by atoms with Gasteiger partial charge in [0, 0.05) is 32.2 Å². The molecule has 2 amide bonds. The first-order valence-corrected chi connectivity index (χ1v) is 6.72. The molecule has 8 heteroatoms. The van der Waals surface area contributed by atoms with E-state index in [1.807, 2.05) is 0 Å². The standard InChI is InChI=1S/C13H19FN4O3/c1-8-3-11(21-16-8)13(20)17(2)6-10-4-9(14)5-18(10)7-12(15)19/h3,9-10H,4-7H2,1-2H3,(H2,15,19)/t9-,10-/m0/s1. The molecule has 1 saturated heterocycles. The lowest BCUT2D eigenvalue weighted by Crippen LogP contribution is -2.44. The fourth-order valence-corrected chi connectivity index (χ4v) is 2.56. The van der Waals surface area contributed by atoms with Gasteiger partial charge in [-0.2, -0.15) is 0 Å². The summed E-state index contributed by atoms with van der Waals surface area (Å²) < 4.78 is 18.4. The van der Waals surface area contributed by atoms with E-state index in [0.29, 0.717) is 12.2 Å². The molecule has 0 radical (unpaired) electrons. The van der Waals surface area contributed by atoms with Crippen LogP contribution in [0.5, 0.6) is 0 Å². The highest BCUT2D eigenvalue weighted by Gasteiger charge is 2.34. The number of aromatic nitrogens is 1. The van der Waals surface area contributed by atoms with Gasteiger partial charge in [0.05, 0.1) is 12.2 Å². The van der Waals surface area contributed by atoms with E-state index in [9.17, 15) is 14.0 Å². The first kappa shape index (κ1) is 15.4. The second-order valence-corrected chi connectivity index (χ2v) is 5.40. The molecule has 2 heterocycles. The van der Waals surface area contributed by atoms with E-state index >= 15 is 0 Å². The molecule has 0 spiro atoms. The van der Waals surface area contributed by atoms with Crippen LogP contribution < -0.4 is 5.73 Å². The lowest BCUT2D eigenvalue weighted by Gasteiger charge is -2.26. The number of hydrogen-bond donors (Lipinski definition) is 1. The van der Waals surface area contributed by atoms with Gasteiger partial charge < -0.3 is 15.2 Å². The zero-order chi connectivity index (χ0) is 15.6. The van der Waals surface area contributed by atoms with Crippen molar-refractivity contribution in [2.75, 3.05) is 26.7 Å². The van der Waals surface area contributed by atoms with Crippen molar-refractivity contribution in [3.05, 3.63) is 17.5 Å². The maximum Gasteiger partial charge on any atom is 0.292 e. The van der Waals surface area contributed by atoms with Crippen molar-refractivity contribution in [3.63, 3.8) is 0 Å². The molecule has 2 rings (SSSR count). The van der Waals surface area contributed by atoms with Crippen LogP contribution in [0.4, 0.5) is 4.39 Å². The maximum atomic E-state index is 13.5. The molecule has 1 fully saturated rings. The van der Waals surface area contributed by atoms with E-state index in [-0.39, 0.29) is 37.2 Å². The smallest absolute Gasteiger partial charge is 0.292 e. The number of nitrogens with zero attached hydrogens (tertiary/aromatic N) is 3. The molecule has 1 aromatic heterocycles. The van der Waals surface area contributed by atoms with E-state index in [2.05, 4.69) is 5.16 Å². The average molecular weight is 298 g/mol. The van der Waals surface area contributed by atoms with Crippen molar-refractivity contribution >= 4 is 11.8 Å². The summed E-state index contributed by atoms with van der Waals surface area (Å²) in [4.78, 5) is 26.3. The Morgan fingerprint density at radius 1 is 1.62 bits per heavy atom.